The zero-order chi connectivity index (χ0) is 13.5. The van der Waals surface area contributed by atoms with Gasteiger partial charge in [-0.05, 0) is 44.0 Å². The summed E-state index contributed by atoms with van der Waals surface area (Å²) in [7, 11) is 0. The number of hydrogen-bond donors (Lipinski definition) is 3. The number of rotatable bonds is 5. The third-order valence-electron chi connectivity index (χ3n) is 2.48. The summed E-state index contributed by atoms with van der Waals surface area (Å²) in [6.45, 7) is 3.81. The third-order valence-corrected chi connectivity index (χ3v) is 2.48. The minimum atomic E-state index is -0.321. The summed E-state index contributed by atoms with van der Waals surface area (Å²) in [6, 6.07) is 4.82. The molecule has 5 heteroatoms. The van der Waals surface area contributed by atoms with Crippen LogP contribution < -0.4 is 10.6 Å². The van der Waals surface area contributed by atoms with E-state index in [1.807, 2.05) is 6.92 Å². The van der Waals surface area contributed by atoms with Gasteiger partial charge in [0.25, 0.3) is 0 Å². The first kappa shape index (κ1) is 14.2. The van der Waals surface area contributed by atoms with Gasteiger partial charge in [-0.1, -0.05) is 0 Å². The lowest BCUT2D eigenvalue weighted by molar-refractivity contribution is 0.101. The lowest BCUT2D eigenvalue weighted by Gasteiger charge is -2.09. The molecular formula is C13H18N2O3. The van der Waals surface area contributed by atoms with Gasteiger partial charge in [-0.25, -0.2) is 4.79 Å². The highest BCUT2D eigenvalue weighted by atomic mass is 16.3. The zero-order valence-electron chi connectivity index (χ0n) is 10.6. The summed E-state index contributed by atoms with van der Waals surface area (Å²) in [5.41, 5.74) is 2.12. The number of aliphatic hydroxyl groups is 1. The number of benzene rings is 1. The van der Waals surface area contributed by atoms with Crippen molar-refractivity contribution >= 4 is 17.5 Å². The molecule has 1 aromatic carbocycles. The Morgan fingerprint density at radius 3 is 2.61 bits per heavy atom. The Morgan fingerprint density at radius 2 is 2.06 bits per heavy atom. The van der Waals surface area contributed by atoms with Gasteiger partial charge in [0.15, 0.2) is 5.78 Å². The molecule has 5 nitrogen and oxygen atoms in total. The highest BCUT2D eigenvalue weighted by Gasteiger charge is 2.06. The summed E-state index contributed by atoms with van der Waals surface area (Å²) >= 11 is 0. The quantitative estimate of drug-likeness (QED) is 0.549. The Hall–Kier alpha value is -1.88. The number of ketones is 1. The normalized spacial score (nSPS) is 9.94. The number of amides is 2. The van der Waals surface area contributed by atoms with Crippen molar-refractivity contribution in [3.8, 4) is 0 Å². The van der Waals surface area contributed by atoms with E-state index in [0.717, 1.165) is 5.56 Å². The van der Waals surface area contributed by atoms with Crippen LogP contribution in [0.3, 0.4) is 0 Å². The topological polar surface area (TPSA) is 78.4 Å². The van der Waals surface area contributed by atoms with Crippen molar-refractivity contribution in [2.45, 2.75) is 20.3 Å². The standard InChI is InChI=1S/C13H18N2O3/c1-9-8-11(4-5-12(9)10(2)17)15-13(18)14-6-3-7-16/h4-5,8,16H,3,6-7H2,1-2H3,(H2,14,15,18). The van der Waals surface area contributed by atoms with Crippen molar-refractivity contribution in [1.82, 2.24) is 5.32 Å². The van der Waals surface area contributed by atoms with E-state index in [1.54, 1.807) is 18.2 Å². The van der Waals surface area contributed by atoms with Crippen LogP contribution in [0.5, 0.6) is 0 Å². The molecule has 0 aliphatic heterocycles. The maximum Gasteiger partial charge on any atom is 0.319 e. The van der Waals surface area contributed by atoms with Crippen LogP contribution in [0, 0.1) is 6.92 Å². The molecule has 0 saturated heterocycles. The molecule has 18 heavy (non-hydrogen) atoms. The SMILES string of the molecule is CC(=O)c1ccc(NC(=O)NCCCO)cc1C. The minimum absolute atomic E-state index is 0.00597. The molecule has 0 aliphatic rings. The van der Waals surface area contributed by atoms with Crippen LogP contribution in [-0.2, 0) is 0 Å². The van der Waals surface area contributed by atoms with Gasteiger partial charge in [-0.3, -0.25) is 4.79 Å². The molecule has 0 unspecified atom stereocenters. The number of carbonyl (C=O) groups is 2. The maximum absolute atomic E-state index is 11.4. The van der Waals surface area contributed by atoms with E-state index in [0.29, 0.717) is 24.2 Å². The number of anilines is 1. The lowest BCUT2D eigenvalue weighted by atomic mass is 10.1. The van der Waals surface area contributed by atoms with E-state index < -0.39 is 0 Å². The second-order valence-electron chi connectivity index (χ2n) is 4.04. The Balaban J connectivity index is 2.60. The fraction of sp³-hybridized carbons (Fsp3) is 0.385. The van der Waals surface area contributed by atoms with E-state index >= 15 is 0 Å². The fourth-order valence-electron chi connectivity index (χ4n) is 1.59. The molecule has 0 atom stereocenters. The predicted octanol–water partition coefficient (Wildman–Crippen LogP) is 1.70. The van der Waals surface area contributed by atoms with Gasteiger partial charge in [0, 0.05) is 24.4 Å². The van der Waals surface area contributed by atoms with E-state index in [1.165, 1.54) is 6.92 Å². The first-order valence-electron chi connectivity index (χ1n) is 5.82. The van der Waals surface area contributed by atoms with Crippen LogP contribution in [0.4, 0.5) is 10.5 Å². The number of hydrogen-bond acceptors (Lipinski definition) is 3. The second kappa shape index (κ2) is 6.76. The molecule has 0 aliphatic carbocycles. The molecular weight excluding hydrogens is 232 g/mol. The highest BCUT2D eigenvalue weighted by molar-refractivity contribution is 5.96. The van der Waals surface area contributed by atoms with Crippen LogP contribution >= 0.6 is 0 Å². The molecule has 1 aromatic rings. The van der Waals surface area contributed by atoms with E-state index in [-0.39, 0.29) is 18.4 Å². The van der Waals surface area contributed by atoms with Gasteiger partial charge in [0.05, 0.1) is 0 Å². The maximum atomic E-state index is 11.4. The van der Waals surface area contributed by atoms with Crippen molar-refractivity contribution in [1.29, 1.82) is 0 Å². The van der Waals surface area contributed by atoms with Gasteiger partial charge in [-0.15, -0.1) is 0 Å². The predicted molar refractivity (Wildman–Crippen MR) is 69.9 cm³/mol. The summed E-state index contributed by atoms with van der Waals surface area (Å²) in [4.78, 5) is 22.7. The number of aliphatic hydroxyl groups excluding tert-OH is 1. The average Bonchev–Trinajstić information content (AvgIpc) is 2.28. The molecule has 1 rings (SSSR count). The van der Waals surface area contributed by atoms with Crippen molar-refractivity contribution in [3.63, 3.8) is 0 Å². The van der Waals surface area contributed by atoms with Crippen LogP contribution in [0.2, 0.25) is 0 Å². The van der Waals surface area contributed by atoms with Gasteiger partial charge in [-0.2, -0.15) is 0 Å². The molecule has 0 aromatic heterocycles. The number of Topliss-reactive ketones (excluding diaryl/α,β-unsaturated/α-hetero) is 1. The minimum Gasteiger partial charge on any atom is -0.396 e. The van der Waals surface area contributed by atoms with Crippen molar-refractivity contribution in [2.24, 2.45) is 0 Å². The van der Waals surface area contributed by atoms with Crippen molar-refractivity contribution in [3.05, 3.63) is 29.3 Å². The van der Waals surface area contributed by atoms with Crippen LogP contribution in [0.1, 0.15) is 29.3 Å². The van der Waals surface area contributed by atoms with Crippen LogP contribution in [0.25, 0.3) is 0 Å². The zero-order valence-corrected chi connectivity index (χ0v) is 10.6. The molecule has 0 heterocycles. The molecule has 98 valence electrons. The van der Waals surface area contributed by atoms with Crippen molar-refractivity contribution < 1.29 is 14.7 Å². The number of carbonyl (C=O) groups excluding carboxylic acids is 2. The molecule has 0 saturated carbocycles. The Bertz CT molecular complexity index is 444. The summed E-state index contributed by atoms with van der Waals surface area (Å²) in [5, 5.41) is 13.9. The fourth-order valence-corrected chi connectivity index (χ4v) is 1.59. The van der Waals surface area contributed by atoms with Gasteiger partial charge in [0.1, 0.15) is 0 Å². The summed E-state index contributed by atoms with van der Waals surface area (Å²) < 4.78 is 0. The third kappa shape index (κ3) is 4.18. The van der Waals surface area contributed by atoms with E-state index in [2.05, 4.69) is 10.6 Å². The Labute approximate surface area is 106 Å². The molecule has 0 bridgehead atoms. The first-order valence-corrected chi connectivity index (χ1v) is 5.82. The molecule has 0 fully saturated rings. The van der Waals surface area contributed by atoms with Gasteiger partial charge < -0.3 is 15.7 Å². The molecule has 0 spiro atoms. The van der Waals surface area contributed by atoms with E-state index in [4.69, 9.17) is 5.11 Å². The van der Waals surface area contributed by atoms with Crippen LogP contribution in [0.15, 0.2) is 18.2 Å². The second-order valence-corrected chi connectivity index (χ2v) is 4.04. The molecule has 2 amide bonds. The Kier molecular flexibility index (Phi) is 5.32. The van der Waals surface area contributed by atoms with E-state index in [9.17, 15) is 9.59 Å². The monoisotopic (exact) mass is 250 g/mol. The lowest BCUT2D eigenvalue weighted by Crippen LogP contribution is -2.29. The molecule has 3 N–H and O–H groups in total. The Morgan fingerprint density at radius 1 is 1.33 bits per heavy atom. The number of urea groups is 1. The van der Waals surface area contributed by atoms with Crippen molar-refractivity contribution in [2.75, 3.05) is 18.5 Å². The highest BCUT2D eigenvalue weighted by Crippen LogP contribution is 2.15. The van der Waals surface area contributed by atoms with Gasteiger partial charge >= 0.3 is 6.03 Å². The summed E-state index contributed by atoms with van der Waals surface area (Å²) in [5.74, 6) is 0.00597. The smallest absolute Gasteiger partial charge is 0.319 e. The number of aryl methyl sites for hydroxylation is 1. The number of nitrogens with one attached hydrogen (secondary N) is 2. The summed E-state index contributed by atoms with van der Waals surface area (Å²) in [6.07, 6.45) is 0.524. The first-order chi connectivity index (χ1) is 8.54. The largest absolute Gasteiger partial charge is 0.396 e. The van der Waals surface area contributed by atoms with Gasteiger partial charge in [0.2, 0.25) is 0 Å². The van der Waals surface area contributed by atoms with Crippen LogP contribution in [-0.4, -0.2) is 30.1 Å². The molecule has 0 radical (unpaired) electrons. The average molecular weight is 250 g/mol.